The van der Waals surface area contributed by atoms with Gasteiger partial charge in [-0.1, -0.05) is 51.5 Å². The van der Waals surface area contributed by atoms with Gasteiger partial charge in [-0.05, 0) is 29.8 Å². The van der Waals surface area contributed by atoms with Gasteiger partial charge in [-0.2, -0.15) is 9.78 Å². The Balaban J connectivity index is 1.63. The van der Waals surface area contributed by atoms with Crippen molar-refractivity contribution in [1.82, 2.24) is 14.8 Å². The van der Waals surface area contributed by atoms with Gasteiger partial charge in [0.05, 0.1) is 16.4 Å². The Bertz CT molecular complexity index is 1100. The third-order valence-electron chi connectivity index (χ3n) is 4.56. The average Bonchev–Trinajstić information content (AvgIpc) is 3.25. The lowest BCUT2D eigenvalue weighted by Crippen LogP contribution is -2.24. The number of aromatic nitrogens is 3. The first kappa shape index (κ1) is 15.7. The van der Waals surface area contributed by atoms with Gasteiger partial charge in [-0.15, -0.1) is 0 Å². The summed E-state index contributed by atoms with van der Waals surface area (Å²) in [4.78, 5) is 17.0. The van der Waals surface area contributed by atoms with E-state index < -0.39 is 0 Å². The molecule has 0 saturated carbocycles. The lowest BCUT2D eigenvalue weighted by Gasteiger charge is -2.23. The van der Waals surface area contributed by atoms with Crippen LogP contribution in [-0.4, -0.2) is 20.7 Å². The van der Waals surface area contributed by atoms with Gasteiger partial charge in [-0.3, -0.25) is 4.79 Å². The first-order chi connectivity index (χ1) is 12.7. The van der Waals surface area contributed by atoms with E-state index >= 15 is 0 Å². The minimum absolute atomic E-state index is 0.00465. The summed E-state index contributed by atoms with van der Waals surface area (Å²) < 4.78 is 3.85. The van der Waals surface area contributed by atoms with E-state index in [-0.39, 0.29) is 11.8 Å². The van der Waals surface area contributed by atoms with E-state index in [0.29, 0.717) is 12.2 Å². The van der Waals surface area contributed by atoms with Gasteiger partial charge in [0.25, 0.3) is 0 Å². The summed E-state index contributed by atoms with van der Waals surface area (Å²) in [5.74, 6) is 0.705. The number of halogens is 1. The van der Waals surface area contributed by atoms with Crippen LogP contribution in [0.15, 0.2) is 59.2 Å². The van der Waals surface area contributed by atoms with E-state index in [1.54, 1.807) is 16.0 Å². The molecule has 0 saturated heterocycles. The number of nitrogens with zero attached hydrogens (tertiary/aromatic N) is 3. The normalized spacial score (nSPS) is 16.5. The molecule has 0 bridgehead atoms. The molecular weight excluding hydrogens is 412 g/mol. The highest BCUT2D eigenvalue weighted by molar-refractivity contribution is 9.10. The number of thiazole rings is 1. The molecule has 0 radical (unpaired) electrons. The van der Waals surface area contributed by atoms with Crippen molar-refractivity contribution in [3.8, 4) is 5.13 Å². The van der Waals surface area contributed by atoms with Crippen molar-refractivity contribution < 1.29 is 4.79 Å². The van der Waals surface area contributed by atoms with Crippen LogP contribution in [0.2, 0.25) is 0 Å². The first-order valence-corrected chi connectivity index (χ1v) is 9.79. The number of hydrogen-bond donors (Lipinski definition) is 1. The molecule has 128 valence electrons. The summed E-state index contributed by atoms with van der Waals surface area (Å²) in [5, 5.41) is 8.27. The van der Waals surface area contributed by atoms with Crippen molar-refractivity contribution in [1.29, 1.82) is 0 Å². The molecule has 0 unspecified atom stereocenters. The van der Waals surface area contributed by atoms with Crippen molar-refractivity contribution in [2.24, 2.45) is 0 Å². The Kier molecular flexibility index (Phi) is 3.65. The number of fused-ring (bicyclic) bond motifs is 2. The number of carbonyl (C=O) groups excluding carboxylic acids is 1. The van der Waals surface area contributed by atoms with Gasteiger partial charge < -0.3 is 5.32 Å². The fourth-order valence-corrected chi connectivity index (χ4v) is 4.50. The molecule has 0 aliphatic carbocycles. The standard InChI is InChI=1S/C19H13BrN4OS/c20-12-7-5-11(6-8-12)13-9-17(25)23-18-14(13)10-21-24(18)19-22-15-3-1-2-4-16(15)26-19/h1-8,10,13H,9H2,(H,23,25)/t13-/m0/s1. The molecule has 1 amide bonds. The maximum Gasteiger partial charge on any atom is 0.226 e. The van der Waals surface area contributed by atoms with Gasteiger partial charge in [-0.25, -0.2) is 4.98 Å². The Morgan fingerprint density at radius 3 is 2.77 bits per heavy atom. The highest BCUT2D eigenvalue weighted by Gasteiger charge is 2.31. The van der Waals surface area contributed by atoms with Crippen LogP contribution in [0.4, 0.5) is 5.82 Å². The number of anilines is 1. The average molecular weight is 425 g/mol. The molecule has 4 aromatic rings. The number of benzene rings is 2. The van der Waals surface area contributed by atoms with Crippen molar-refractivity contribution in [3.05, 3.63) is 70.3 Å². The molecule has 3 heterocycles. The summed E-state index contributed by atoms with van der Waals surface area (Å²) in [7, 11) is 0. The fourth-order valence-electron chi connectivity index (χ4n) is 3.31. The Morgan fingerprint density at radius 2 is 1.96 bits per heavy atom. The van der Waals surface area contributed by atoms with E-state index in [1.165, 1.54) is 0 Å². The van der Waals surface area contributed by atoms with Crippen LogP contribution < -0.4 is 5.32 Å². The maximum atomic E-state index is 12.4. The molecule has 7 heteroatoms. The minimum atomic E-state index is -0.00622. The minimum Gasteiger partial charge on any atom is -0.310 e. The number of para-hydroxylation sites is 1. The Hall–Kier alpha value is -2.51. The van der Waals surface area contributed by atoms with E-state index in [0.717, 1.165) is 30.9 Å². The number of rotatable bonds is 2. The number of amides is 1. The molecule has 5 nitrogen and oxygen atoms in total. The zero-order valence-electron chi connectivity index (χ0n) is 13.5. The van der Waals surface area contributed by atoms with Crippen molar-refractivity contribution >= 4 is 49.2 Å². The van der Waals surface area contributed by atoms with Crippen LogP contribution in [0.3, 0.4) is 0 Å². The van der Waals surface area contributed by atoms with Gasteiger partial charge in [0.15, 0.2) is 0 Å². The molecule has 0 fully saturated rings. The monoisotopic (exact) mass is 424 g/mol. The maximum absolute atomic E-state index is 12.4. The third-order valence-corrected chi connectivity index (χ3v) is 6.10. The predicted molar refractivity (Wildman–Crippen MR) is 106 cm³/mol. The van der Waals surface area contributed by atoms with Crippen molar-refractivity contribution in [2.45, 2.75) is 12.3 Å². The Labute approximate surface area is 161 Å². The van der Waals surface area contributed by atoms with E-state index in [9.17, 15) is 4.79 Å². The Morgan fingerprint density at radius 1 is 1.15 bits per heavy atom. The fraction of sp³-hybridized carbons (Fsp3) is 0.105. The SMILES string of the molecule is O=C1C[C@@H](c2ccc(Br)cc2)c2cnn(-c3nc4ccccc4s3)c2N1. The molecule has 1 aliphatic rings. The lowest BCUT2D eigenvalue weighted by molar-refractivity contribution is -0.116. The summed E-state index contributed by atoms with van der Waals surface area (Å²) in [5.41, 5.74) is 3.06. The zero-order valence-corrected chi connectivity index (χ0v) is 15.9. The predicted octanol–water partition coefficient (Wildman–Crippen LogP) is 4.72. The van der Waals surface area contributed by atoms with Gasteiger partial charge in [0.1, 0.15) is 5.82 Å². The second-order valence-electron chi connectivity index (χ2n) is 6.18. The summed E-state index contributed by atoms with van der Waals surface area (Å²) in [6, 6.07) is 16.1. The van der Waals surface area contributed by atoms with E-state index in [1.807, 2.05) is 54.7 Å². The van der Waals surface area contributed by atoms with E-state index in [4.69, 9.17) is 0 Å². The summed E-state index contributed by atoms with van der Waals surface area (Å²) in [6.07, 6.45) is 2.26. The van der Waals surface area contributed by atoms with Gasteiger partial charge >= 0.3 is 0 Å². The molecule has 5 rings (SSSR count). The molecule has 1 N–H and O–H groups in total. The van der Waals surface area contributed by atoms with Crippen LogP contribution in [0.25, 0.3) is 15.3 Å². The topological polar surface area (TPSA) is 59.8 Å². The van der Waals surface area contributed by atoms with Crippen LogP contribution in [-0.2, 0) is 4.79 Å². The molecule has 2 aromatic heterocycles. The largest absolute Gasteiger partial charge is 0.310 e. The molecule has 1 atom stereocenters. The molecule has 26 heavy (non-hydrogen) atoms. The quantitative estimate of drug-likeness (QED) is 0.506. The van der Waals surface area contributed by atoms with Crippen molar-refractivity contribution in [2.75, 3.05) is 5.32 Å². The van der Waals surface area contributed by atoms with Crippen LogP contribution in [0.1, 0.15) is 23.5 Å². The number of carbonyl (C=O) groups is 1. The molecule has 2 aromatic carbocycles. The van der Waals surface area contributed by atoms with Crippen LogP contribution in [0, 0.1) is 0 Å². The second kappa shape index (κ2) is 6.03. The second-order valence-corrected chi connectivity index (χ2v) is 8.11. The third kappa shape index (κ3) is 2.55. The van der Waals surface area contributed by atoms with Crippen LogP contribution in [0.5, 0.6) is 0 Å². The van der Waals surface area contributed by atoms with Gasteiger partial charge in [0, 0.05) is 22.4 Å². The molecule has 1 aliphatic heterocycles. The first-order valence-electron chi connectivity index (χ1n) is 8.18. The van der Waals surface area contributed by atoms with Crippen LogP contribution >= 0.6 is 27.3 Å². The van der Waals surface area contributed by atoms with Crippen molar-refractivity contribution in [3.63, 3.8) is 0 Å². The number of nitrogens with one attached hydrogen (secondary N) is 1. The van der Waals surface area contributed by atoms with Gasteiger partial charge in [0.2, 0.25) is 11.0 Å². The number of hydrogen-bond acceptors (Lipinski definition) is 4. The highest BCUT2D eigenvalue weighted by Crippen LogP contribution is 2.39. The summed E-state index contributed by atoms with van der Waals surface area (Å²) >= 11 is 5.02. The van der Waals surface area contributed by atoms with E-state index in [2.05, 4.69) is 31.3 Å². The zero-order chi connectivity index (χ0) is 17.7. The highest BCUT2D eigenvalue weighted by atomic mass is 79.9. The molecular formula is C19H13BrN4OS. The smallest absolute Gasteiger partial charge is 0.226 e. The lowest BCUT2D eigenvalue weighted by atomic mass is 9.87. The summed E-state index contributed by atoms with van der Waals surface area (Å²) in [6.45, 7) is 0. The molecule has 0 spiro atoms.